The van der Waals surface area contributed by atoms with Gasteiger partial charge in [-0.25, -0.2) is 0 Å². The smallest absolute Gasteiger partial charge is 0.220 e. The van der Waals surface area contributed by atoms with Crippen LogP contribution >= 0.6 is 0 Å². The number of carbonyl (C=O) groups excluding carboxylic acids is 1. The summed E-state index contributed by atoms with van der Waals surface area (Å²) >= 11 is 0. The van der Waals surface area contributed by atoms with Crippen molar-refractivity contribution in [3.05, 3.63) is 101 Å². The number of hydrogen-bond acceptors (Lipinski definition) is 5. The van der Waals surface area contributed by atoms with Crippen molar-refractivity contribution in [3.8, 4) is 5.75 Å². The number of phenols is 1. The van der Waals surface area contributed by atoms with Crippen LogP contribution in [0.2, 0.25) is 0 Å². The summed E-state index contributed by atoms with van der Waals surface area (Å²) in [4.78, 5) is 12.2. The number of nitrogens with one attached hydrogen (secondary N) is 2. The van der Waals surface area contributed by atoms with Crippen LogP contribution in [-0.4, -0.2) is 33.8 Å². The van der Waals surface area contributed by atoms with Crippen molar-refractivity contribution < 1.29 is 20.1 Å². The van der Waals surface area contributed by atoms with E-state index in [1.807, 2.05) is 42.5 Å². The van der Waals surface area contributed by atoms with E-state index in [0.29, 0.717) is 37.1 Å². The summed E-state index contributed by atoms with van der Waals surface area (Å²) in [5, 5.41) is 35.8. The highest BCUT2D eigenvalue weighted by atomic mass is 16.3. The molecule has 1 amide bonds. The van der Waals surface area contributed by atoms with Crippen LogP contribution in [0.25, 0.3) is 0 Å². The number of aromatic hydroxyl groups is 1. The van der Waals surface area contributed by atoms with Crippen molar-refractivity contribution >= 4 is 5.91 Å². The molecule has 0 aliphatic carbocycles. The number of benzene rings is 3. The molecule has 6 nitrogen and oxygen atoms in total. The maximum atomic E-state index is 12.2. The van der Waals surface area contributed by atoms with Gasteiger partial charge >= 0.3 is 0 Å². The highest BCUT2D eigenvalue weighted by Crippen LogP contribution is 2.22. The van der Waals surface area contributed by atoms with Gasteiger partial charge in [-0.05, 0) is 54.2 Å². The molecule has 3 aromatic carbocycles. The van der Waals surface area contributed by atoms with Gasteiger partial charge in [0.05, 0.1) is 12.7 Å². The molecule has 0 heterocycles. The van der Waals surface area contributed by atoms with E-state index in [9.17, 15) is 20.1 Å². The molecule has 0 fully saturated rings. The fourth-order valence-corrected chi connectivity index (χ4v) is 3.85. The quantitative estimate of drug-likeness (QED) is 0.284. The maximum Gasteiger partial charge on any atom is 0.220 e. The van der Waals surface area contributed by atoms with E-state index >= 15 is 0 Å². The van der Waals surface area contributed by atoms with Crippen LogP contribution in [0.4, 0.5) is 0 Å². The first kappa shape index (κ1) is 25.4. The molecule has 0 spiro atoms. The van der Waals surface area contributed by atoms with Gasteiger partial charge < -0.3 is 26.0 Å². The molecular formula is C28H34N2O4. The third-order valence-electron chi connectivity index (χ3n) is 5.82. The Kier molecular flexibility index (Phi) is 9.64. The van der Waals surface area contributed by atoms with Crippen LogP contribution in [0.15, 0.2) is 72.8 Å². The van der Waals surface area contributed by atoms with Crippen LogP contribution in [0.3, 0.4) is 0 Å². The first-order valence-electron chi connectivity index (χ1n) is 11.7. The Labute approximate surface area is 201 Å². The molecule has 2 unspecified atom stereocenters. The number of aryl methyl sites for hydroxylation is 1. The van der Waals surface area contributed by atoms with Crippen LogP contribution < -0.4 is 10.6 Å². The topological polar surface area (TPSA) is 102 Å². The number of hydrogen-bond donors (Lipinski definition) is 5. The van der Waals surface area contributed by atoms with Crippen molar-refractivity contribution in [3.63, 3.8) is 0 Å². The largest absolute Gasteiger partial charge is 0.508 e. The van der Waals surface area contributed by atoms with Gasteiger partial charge in [0.2, 0.25) is 5.91 Å². The lowest BCUT2D eigenvalue weighted by Crippen LogP contribution is -2.32. The maximum absolute atomic E-state index is 12.2. The number of amides is 1. The SMILES string of the molecule is CC(Cc1cccc(CCC(=O)NCc2ccccc2)c1)NCC(O)c1ccc(O)c(CO)c1. The van der Waals surface area contributed by atoms with Gasteiger partial charge in [-0.15, -0.1) is 0 Å². The fourth-order valence-electron chi connectivity index (χ4n) is 3.85. The molecule has 6 heteroatoms. The zero-order valence-corrected chi connectivity index (χ0v) is 19.6. The Morgan fingerprint density at radius 1 is 0.941 bits per heavy atom. The van der Waals surface area contributed by atoms with E-state index in [0.717, 1.165) is 17.5 Å². The minimum atomic E-state index is -0.742. The van der Waals surface area contributed by atoms with Crippen molar-refractivity contribution in [1.82, 2.24) is 10.6 Å². The number of aliphatic hydroxyl groups excluding tert-OH is 2. The second-order valence-electron chi connectivity index (χ2n) is 8.66. The standard InChI is InChI=1S/C28H34N2O4/c1-20(29-18-27(33)24-11-12-26(32)25(16-24)19-31)14-23-9-5-8-21(15-23)10-13-28(34)30-17-22-6-3-2-4-7-22/h2-9,11-12,15-16,20,27,29,31-33H,10,13-14,17-19H2,1H3,(H,30,34). The van der Waals surface area contributed by atoms with Gasteiger partial charge in [-0.2, -0.15) is 0 Å². The van der Waals surface area contributed by atoms with Gasteiger partial charge in [0.15, 0.2) is 0 Å². The molecule has 2 atom stereocenters. The van der Waals surface area contributed by atoms with Crippen LogP contribution in [0.1, 0.15) is 47.3 Å². The van der Waals surface area contributed by atoms with Gasteiger partial charge in [0.1, 0.15) is 5.75 Å². The molecule has 0 radical (unpaired) electrons. The van der Waals surface area contributed by atoms with E-state index in [4.69, 9.17) is 0 Å². The van der Waals surface area contributed by atoms with E-state index in [2.05, 4.69) is 29.7 Å². The zero-order valence-electron chi connectivity index (χ0n) is 19.6. The fraction of sp³-hybridized carbons (Fsp3) is 0.321. The molecule has 0 aliphatic rings. The second kappa shape index (κ2) is 12.9. The molecule has 0 saturated carbocycles. The Hall–Kier alpha value is -3.19. The minimum Gasteiger partial charge on any atom is -0.508 e. The van der Waals surface area contributed by atoms with E-state index in [-0.39, 0.29) is 24.3 Å². The molecule has 3 rings (SSSR count). The second-order valence-corrected chi connectivity index (χ2v) is 8.66. The van der Waals surface area contributed by atoms with Crippen molar-refractivity contribution in [2.75, 3.05) is 6.54 Å². The summed E-state index contributed by atoms with van der Waals surface area (Å²) < 4.78 is 0. The first-order chi connectivity index (χ1) is 16.4. The lowest BCUT2D eigenvalue weighted by Gasteiger charge is -2.18. The zero-order chi connectivity index (χ0) is 24.3. The minimum absolute atomic E-state index is 0.0216. The number of carbonyl (C=O) groups is 1. The average Bonchev–Trinajstić information content (AvgIpc) is 2.86. The molecule has 5 N–H and O–H groups in total. The van der Waals surface area contributed by atoms with Crippen molar-refractivity contribution in [2.24, 2.45) is 0 Å². The van der Waals surface area contributed by atoms with Gasteiger partial charge in [0, 0.05) is 31.1 Å². The van der Waals surface area contributed by atoms with Gasteiger partial charge in [-0.1, -0.05) is 60.7 Å². The number of rotatable bonds is 12. The van der Waals surface area contributed by atoms with Crippen LogP contribution in [-0.2, 0) is 30.8 Å². The number of aliphatic hydroxyl groups is 2. The van der Waals surface area contributed by atoms with Gasteiger partial charge in [-0.3, -0.25) is 4.79 Å². The molecule has 0 aliphatic heterocycles. The lowest BCUT2D eigenvalue weighted by molar-refractivity contribution is -0.121. The molecule has 0 bridgehead atoms. The Morgan fingerprint density at radius 3 is 2.44 bits per heavy atom. The van der Waals surface area contributed by atoms with Gasteiger partial charge in [0.25, 0.3) is 0 Å². The monoisotopic (exact) mass is 462 g/mol. The van der Waals surface area contributed by atoms with Crippen LogP contribution in [0.5, 0.6) is 5.75 Å². The highest BCUT2D eigenvalue weighted by molar-refractivity contribution is 5.76. The Morgan fingerprint density at radius 2 is 1.68 bits per heavy atom. The third kappa shape index (κ3) is 7.99. The summed E-state index contributed by atoms with van der Waals surface area (Å²) in [5.41, 5.74) is 4.43. The Bertz CT molecular complexity index is 1060. The Balaban J connectivity index is 1.43. The first-order valence-corrected chi connectivity index (χ1v) is 11.7. The van der Waals surface area contributed by atoms with E-state index in [1.54, 1.807) is 12.1 Å². The lowest BCUT2D eigenvalue weighted by atomic mass is 10.0. The summed E-state index contributed by atoms with van der Waals surface area (Å²) in [6.45, 7) is 2.69. The molecular weight excluding hydrogens is 428 g/mol. The molecule has 34 heavy (non-hydrogen) atoms. The molecule has 180 valence electrons. The predicted molar refractivity (Wildman–Crippen MR) is 133 cm³/mol. The van der Waals surface area contributed by atoms with E-state index < -0.39 is 6.10 Å². The van der Waals surface area contributed by atoms with Crippen LogP contribution in [0, 0.1) is 0 Å². The summed E-state index contributed by atoms with van der Waals surface area (Å²) in [7, 11) is 0. The average molecular weight is 463 g/mol. The molecule has 0 saturated heterocycles. The molecule has 0 aromatic heterocycles. The predicted octanol–water partition coefficient (Wildman–Crippen LogP) is 3.39. The van der Waals surface area contributed by atoms with Crippen molar-refractivity contribution in [1.29, 1.82) is 0 Å². The van der Waals surface area contributed by atoms with Crippen molar-refractivity contribution in [2.45, 2.75) is 51.5 Å². The summed E-state index contributed by atoms with van der Waals surface area (Å²) in [6.07, 6.45) is 1.18. The molecule has 3 aromatic rings. The highest BCUT2D eigenvalue weighted by Gasteiger charge is 2.12. The normalized spacial score (nSPS) is 12.8. The third-order valence-corrected chi connectivity index (χ3v) is 5.82. The summed E-state index contributed by atoms with van der Waals surface area (Å²) in [6, 6.07) is 23.0. The summed E-state index contributed by atoms with van der Waals surface area (Å²) in [5.74, 6) is 0.0604. The van der Waals surface area contributed by atoms with E-state index in [1.165, 1.54) is 11.6 Å².